The van der Waals surface area contributed by atoms with Crippen LogP contribution < -0.4 is 0 Å². The number of nitrogens with zero attached hydrogens (tertiary/aromatic N) is 9. The Balaban J connectivity index is 0.823. The molecule has 0 fully saturated rings. The van der Waals surface area contributed by atoms with E-state index in [1.165, 1.54) is 10.1 Å². The van der Waals surface area contributed by atoms with E-state index in [-0.39, 0.29) is 0 Å². The van der Waals surface area contributed by atoms with Crippen molar-refractivity contribution in [1.29, 1.82) is 0 Å². The van der Waals surface area contributed by atoms with Gasteiger partial charge in [0.25, 0.3) is 0 Å². The third-order valence-corrected chi connectivity index (χ3v) is 17.3. The summed E-state index contributed by atoms with van der Waals surface area (Å²) in [6.07, 6.45) is 3.69. The standard InChI is InChI=1S/C77H45N9OS/c1-4-16-46(17-5-1)72-81-73(47-18-6-2-7-19-47)84-76(83-72)60-39-54(37-55(40-60)50-29-31-64-58(35-50)43-67-70(79-64)62-25-10-12-27-66(62)87-67)49-22-14-23-52(34-49)75-82-74(48-20-8-3-9-21-48)85-77(86-75)61-41-56(38-57(42-61)53-24-15-33-78-45-53)51-30-32-65-59(36-51)44-69-71(80-65)63-26-11-13-28-68(63)88-69/h1-45H. The van der Waals surface area contributed by atoms with Crippen molar-refractivity contribution in [1.82, 2.24) is 44.9 Å². The van der Waals surface area contributed by atoms with Gasteiger partial charge in [-0.1, -0.05) is 158 Å². The number of rotatable bonds is 10. The molecule has 0 radical (unpaired) electrons. The summed E-state index contributed by atoms with van der Waals surface area (Å²) in [7, 11) is 0. The van der Waals surface area contributed by atoms with Gasteiger partial charge in [0.05, 0.1) is 21.3 Å². The molecule has 0 aliphatic carbocycles. The molecule has 10 aromatic carbocycles. The lowest BCUT2D eigenvalue weighted by molar-refractivity contribution is 0.669. The molecule has 10 nitrogen and oxygen atoms in total. The van der Waals surface area contributed by atoms with Crippen molar-refractivity contribution in [3.63, 3.8) is 0 Å². The Hall–Kier alpha value is -11.8. The molecule has 0 atom stereocenters. The smallest absolute Gasteiger partial charge is 0.164 e. The van der Waals surface area contributed by atoms with E-state index < -0.39 is 0 Å². The molecule has 0 N–H and O–H groups in total. The van der Waals surface area contributed by atoms with Gasteiger partial charge < -0.3 is 4.42 Å². The van der Waals surface area contributed by atoms with Gasteiger partial charge in [-0.15, -0.1) is 11.3 Å². The summed E-state index contributed by atoms with van der Waals surface area (Å²) in [5, 5.41) is 4.19. The SMILES string of the molecule is c1ccc(-c2nc(-c3ccccc3)nc(-c3cc(-c4cccc(-c5nc(-c6ccccc6)nc(-c6cc(-c7cccnc7)cc(-c7ccc8nc9c(cc8c7)sc7ccccc79)c6)n5)c4)cc(-c4ccc5nc6c(cc5c4)oc4ccccc46)c3)n2)cc1. The fourth-order valence-corrected chi connectivity index (χ4v) is 12.9. The minimum Gasteiger partial charge on any atom is -0.454 e. The maximum Gasteiger partial charge on any atom is 0.164 e. The van der Waals surface area contributed by atoms with Crippen LogP contribution in [0.25, 0.3) is 177 Å². The summed E-state index contributed by atoms with van der Waals surface area (Å²) in [4.78, 5) is 46.3. The van der Waals surface area contributed by atoms with Crippen molar-refractivity contribution in [2.45, 2.75) is 0 Å². The molecule has 0 unspecified atom stereocenters. The quantitative estimate of drug-likeness (QED) is 0.130. The van der Waals surface area contributed by atoms with Crippen LogP contribution in [0.1, 0.15) is 0 Å². The molecule has 0 amide bonds. The minimum atomic E-state index is 0.524. The Morgan fingerprint density at radius 1 is 0.250 bits per heavy atom. The molecule has 7 aromatic heterocycles. The van der Waals surface area contributed by atoms with Crippen LogP contribution >= 0.6 is 11.3 Å². The first-order valence-electron chi connectivity index (χ1n) is 29.0. The van der Waals surface area contributed by atoms with Gasteiger partial charge in [-0.25, -0.2) is 39.9 Å². The molecule has 17 aromatic rings. The van der Waals surface area contributed by atoms with Crippen molar-refractivity contribution in [3.05, 3.63) is 273 Å². The first-order chi connectivity index (χ1) is 43.5. The van der Waals surface area contributed by atoms with E-state index in [2.05, 4.69) is 151 Å². The molecule has 410 valence electrons. The summed E-state index contributed by atoms with van der Waals surface area (Å²) in [5.74, 6) is 3.30. The molecule has 0 aliphatic rings. The summed E-state index contributed by atoms with van der Waals surface area (Å²) in [6.45, 7) is 0. The molecule has 88 heavy (non-hydrogen) atoms. The van der Waals surface area contributed by atoms with E-state index in [0.29, 0.717) is 34.9 Å². The van der Waals surface area contributed by atoms with Gasteiger partial charge in [-0.05, 0) is 142 Å². The highest BCUT2D eigenvalue weighted by Crippen LogP contribution is 2.40. The molecule has 0 saturated heterocycles. The molecule has 0 bridgehead atoms. The number of furan rings is 1. The van der Waals surface area contributed by atoms with Gasteiger partial charge in [0.15, 0.2) is 40.5 Å². The number of pyridine rings is 3. The topological polar surface area (TPSA) is 129 Å². The van der Waals surface area contributed by atoms with Gasteiger partial charge in [0.1, 0.15) is 11.1 Å². The maximum atomic E-state index is 6.34. The highest BCUT2D eigenvalue weighted by molar-refractivity contribution is 7.25. The minimum absolute atomic E-state index is 0.524. The van der Waals surface area contributed by atoms with Gasteiger partial charge >= 0.3 is 0 Å². The number of fused-ring (bicyclic) bond motifs is 8. The Kier molecular flexibility index (Phi) is 12.1. The van der Waals surface area contributed by atoms with Gasteiger partial charge in [0.2, 0.25) is 0 Å². The molecule has 0 spiro atoms. The van der Waals surface area contributed by atoms with E-state index >= 15 is 0 Å². The van der Waals surface area contributed by atoms with Gasteiger partial charge in [-0.3, -0.25) is 4.98 Å². The maximum absolute atomic E-state index is 6.34. The molecule has 7 heterocycles. The fraction of sp³-hybridized carbons (Fsp3) is 0. The molecular weight excluding hydrogens is 1100 g/mol. The van der Waals surface area contributed by atoms with Crippen LogP contribution in [0, 0.1) is 0 Å². The highest BCUT2D eigenvalue weighted by atomic mass is 32.1. The second-order valence-corrected chi connectivity index (χ2v) is 22.9. The second kappa shape index (κ2) is 21.1. The van der Waals surface area contributed by atoms with Gasteiger partial charge in [0, 0.05) is 77.6 Å². The highest BCUT2D eigenvalue weighted by Gasteiger charge is 2.20. The average molecular weight is 1140 g/mol. The molecule has 0 saturated carbocycles. The van der Waals surface area contributed by atoms with Crippen molar-refractivity contribution < 1.29 is 4.42 Å². The molecule has 11 heteroatoms. The van der Waals surface area contributed by atoms with E-state index in [1.807, 2.05) is 121 Å². The van der Waals surface area contributed by atoms with E-state index in [9.17, 15) is 0 Å². The Morgan fingerprint density at radius 3 is 1.26 bits per heavy atom. The number of hydrogen-bond acceptors (Lipinski definition) is 11. The predicted octanol–water partition coefficient (Wildman–Crippen LogP) is 19.5. The first kappa shape index (κ1) is 50.7. The van der Waals surface area contributed by atoms with Crippen molar-refractivity contribution >= 4 is 75.5 Å². The van der Waals surface area contributed by atoms with Crippen molar-refractivity contribution in [3.8, 4) is 113 Å². The number of para-hydroxylation sites is 1. The largest absolute Gasteiger partial charge is 0.454 e. The predicted molar refractivity (Wildman–Crippen MR) is 356 cm³/mol. The van der Waals surface area contributed by atoms with E-state index in [1.54, 1.807) is 17.5 Å². The van der Waals surface area contributed by atoms with Crippen LogP contribution in [0.3, 0.4) is 0 Å². The summed E-state index contributed by atoms with van der Waals surface area (Å²) in [6, 6.07) is 89.6. The average Bonchev–Trinajstić information content (AvgIpc) is 2.02. The zero-order chi connectivity index (χ0) is 58.1. The van der Waals surface area contributed by atoms with Crippen LogP contribution in [0.2, 0.25) is 0 Å². The third kappa shape index (κ3) is 9.35. The van der Waals surface area contributed by atoms with Crippen LogP contribution in [0.4, 0.5) is 0 Å². The number of aromatic nitrogens is 9. The van der Waals surface area contributed by atoms with Crippen LogP contribution in [0.15, 0.2) is 278 Å². The normalized spacial score (nSPS) is 11.6. The summed E-state index contributed by atoms with van der Waals surface area (Å²) < 4.78 is 8.73. The first-order valence-corrected chi connectivity index (χ1v) is 29.8. The lowest BCUT2D eigenvalue weighted by atomic mass is 9.94. The van der Waals surface area contributed by atoms with Crippen molar-refractivity contribution in [2.75, 3.05) is 0 Å². The van der Waals surface area contributed by atoms with Gasteiger partial charge in [-0.2, -0.15) is 0 Å². The Labute approximate surface area is 508 Å². The molecular formula is C77H45N9OS. The monoisotopic (exact) mass is 1140 g/mol. The molecule has 17 rings (SSSR count). The summed E-state index contributed by atoms with van der Waals surface area (Å²) in [5.41, 5.74) is 18.2. The third-order valence-electron chi connectivity index (χ3n) is 16.1. The fourth-order valence-electron chi connectivity index (χ4n) is 11.8. The number of thiophene rings is 1. The Morgan fingerprint density at radius 2 is 0.682 bits per heavy atom. The zero-order valence-corrected chi connectivity index (χ0v) is 47.6. The lowest BCUT2D eigenvalue weighted by Crippen LogP contribution is -2.01. The lowest BCUT2D eigenvalue weighted by Gasteiger charge is -2.14. The van der Waals surface area contributed by atoms with Crippen LogP contribution in [-0.4, -0.2) is 44.9 Å². The number of hydrogen-bond donors (Lipinski definition) is 0. The van der Waals surface area contributed by atoms with Crippen LogP contribution in [-0.2, 0) is 0 Å². The van der Waals surface area contributed by atoms with E-state index in [0.717, 1.165) is 132 Å². The molecule has 0 aliphatic heterocycles. The summed E-state index contributed by atoms with van der Waals surface area (Å²) >= 11 is 1.77. The second-order valence-electron chi connectivity index (χ2n) is 21.8. The zero-order valence-electron chi connectivity index (χ0n) is 46.8. The Bertz CT molecular complexity index is 5520. The van der Waals surface area contributed by atoms with Crippen LogP contribution in [0.5, 0.6) is 0 Å². The number of benzene rings is 10. The van der Waals surface area contributed by atoms with E-state index in [4.69, 9.17) is 44.3 Å². The van der Waals surface area contributed by atoms with Crippen molar-refractivity contribution in [2.24, 2.45) is 0 Å².